The van der Waals surface area contributed by atoms with Gasteiger partial charge in [-0.2, -0.15) is 0 Å². The molecule has 150 valence electrons. The minimum absolute atomic E-state index is 0.169. The van der Waals surface area contributed by atoms with E-state index in [0.717, 1.165) is 31.0 Å². The Morgan fingerprint density at radius 2 is 1.75 bits per heavy atom. The molecule has 4 rings (SSSR count). The van der Waals surface area contributed by atoms with Crippen LogP contribution >= 0.6 is 11.6 Å². The van der Waals surface area contributed by atoms with Crippen LogP contribution < -0.4 is 10.1 Å². The number of piperidine rings is 2. The van der Waals surface area contributed by atoms with Gasteiger partial charge in [-0.05, 0) is 75.8 Å². The molecule has 1 aromatic carbocycles. The lowest BCUT2D eigenvalue weighted by Crippen LogP contribution is -2.67. The molecule has 0 radical (unpaired) electrons. The number of aromatic nitrogens is 2. The maximum absolute atomic E-state index is 5.88. The monoisotopic (exact) mass is 400 g/mol. The van der Waals surface area contributed by atoms with Crippen molar-refractivity contribution in [3.05, 3.63) is 47.1 Å². The number of hydrogen-bond donors (Lipinski definition) is 1. The zero-order valence-corrected chi connectivity index (χ0v) is 17.7. The number of methoxy groups -OCH3 is 1. The molecule has 2 aromatic rings. The van der Waals surface area contributed by atoms with Gasteiger partial charge in [-0.15, -0.1) is 10.2 Å². The molecule has 6 heteroatoms. The first-order valence-electron chi connectivity index (χ1n) is 10.1. The quantitative estimate of drug-likeness (QED) is 0.772. The number of rotatable bonds is 5. The second-order valence-corrected chi connectivity index (χ2v) is 9.16. The van der Waals surface area contributed by atoms with Gasteiger partial charge in [0.25, 0.3) is 0 Å². The molecule has 1 N–H and O–H groups in total. The minimum atomic E-state index is 0.169. The van der Waals surface area contributed by atoms with E-state index in [1.54, 1.807) is 13.2 Å². The molecule has 2 saturated heterocycles. The van der Waals surface area contributed by atoms with Crippen molar-refractivity contribution in [1.29, 1.82) is 0 Å². The number of anilines is 1. The van der Waals surface area contributed by atoms with E-state index in [0.29, 0.717) is 11.2 Å². The number of nitrogens with zero attached hydrogens (tertiary/aromatic N) is 3. The summed E-state index contributed by atoms with van der Waals surface area (Å²) in [5, 5.41) is 12.2. The molecule has 0 aliphatic carbocycles. The summed E-state index contributed by atoms with van der Waals surface area (Å²) in [5.74, 6) is 1.72. The average molecular weight is 401 g/mol. The minimum Gasteiger partial charge on any atom is -0.497 e. The van der Waals surface area contributed by atoms with Gasteiger partial charge in [0.05, 0.1) is 7.11 Å². The molecule has 0 spiro atoms. The Kier molecular flexibility index (Phi) is 5.23. The zero-order chi connectivity index (χ0) is 19.8. The lowest BCUT2D eigenvalue weighted by molar-refractivity contribution is -0.0947. The first-order chi connectivity index (χ1) is 13.4. The van der Waals surface area contributed by atoms with Crippen LogP contribution in [0.1, 0.15) is 51.5 Å². The molecule has 1 aromatic heterocycles. The molecule has 2 fully saturated rings. The predicted octanol–water partition coefficient (Wildman–Crippen LogP) is 4.92. The Morgan fingerprint density at radius 3 is 2.32 bits per heavy atom. The van der Waals surface area contributed by atoms with Crippen LogP contribution in [0, 0.1) is 0 Å². The lowest BCUT2D eigenvalue weighted by Gasteiger charge is -2.61. The molecule has 28 heavy (non-hydrogen) atoms. The molecular formula is C22H29ClN4O. The molecule has 5 nitrogen and oxygen atoms in total. The van der Waals surface area contributed by atoms with E-state index in [-0.39, 0.29) is 11.1 Å². The smallest absolute Gasteiger partial charge is 0.151 e. The van der Waals surface area contributed by atoms with Crippen molar-refractivity contribution in [3.63, 3.8) is 0 Å². The molecule has 3 atom stereocenters. The summed E-state index contributed by atoms with van der Waals surface area (Å²) in [6.07, 6.45) is 5.94. The zero-order valence-electron chi connectivity index (χ0n) is 16.9. The van der Waals surface area contributed by atoms with E-state index in [1.165, 1.54) is 24.8 Å². The topological polar surface area (TPSA) is 50.3 Å². The van der Waals surface area contributed by atoms with Crippen LogP contribution in [0.15, 0.2) is 36.4 Å². The SMILES string of the molecule is COc1ccc(CN2[C@@]3(C)CCC[C@]2(C)CC(Nc2ccc(Cl)nn2)C3)cc1. The number of nitrogens with one attached hydrogen (secondary N) is 1. The average Bonchev–Trinajstić information content (AvgIpc) is 2.66. The summed E-state index contributed by atoms with van der Waals surface area (Å²) in [7, 11) is 1.71. The first kappa shape index (κ1) is 19.5. The second-order valence-electron chi connectivity index (χ2n) is 8.77. The van der Waals surface area contributed by atoms with Crippen LogP contribution in [0.4, 0.5) is 5.82 Å². The third-order valence-corrected chi connectivity index (χ3v) is 6.79. The number of fused-ring (bicyclic) bond motifs is 2. The van der Waals surface area contributed by atoms with Crippen LogP contribution in [0.25, 0.3) is 0 Å². The summed E-state index contributed by atoms with van der Waals surface area (Å²) < 4.78 is 5.31. The first-order valence-corrected chi connectivity index (χ1v) is 10.4. The largest absolute Gasteiger partial charge is 0.497 e. The number of ether oxygens (including phenoxy) is 1. The van der Waals surface area contributed by atoms with Gasteiger partial charge < -0.3 is 10.1 Å². The van der Waals surface area contributed by atoms with Gasteiger partial charge in [-0.25, -0.2) is 0 Å². The molecule has 2 aliphatic rings. The maximum atomic E-state index is 5.88. The summed E-state index contributed by atoms with van der Waals surface area (Å²) in [6, 6.07) is 12.6. The lowest BCUT2D eigenvalue weighted by atomic mass is 9.67. The second kappa shape index (κ2) is 7.53. The van der Waals surface area contributed by atoms with Crippen molar-refractivity contribution in [2.45, 2.75) is 69.6 Å². The predicted molar refractivity (Wildman–Crippen MR) is 113 cm³/mol. The van der Waals surface area contributed by atoms with Crippen molar-refractivity contribution in [2.75, 3.05) is 12.4 Å². The van der Waals surface area contributed by atoms with E-state index in [9.17, 15) is 0 Å². The van der Waals surface area contributed by atoms with Gasteiger partial charge in [-0.1, -0.05) is 23.7 Å². The number of halogens is 1. The molecule has 1 unspecified atom stereocenters. The van der Waals surface area contributed by atoms with Gasteiger partial charge in [0.15, 0.2) is 5.15 Å². The van der Waals surface area contributed by atoms with Gasteiger partial charge in [0.2, 0.25) is 0 Å². The molecule has 2 bridgehead atoms. The van der Waals surface area contributed by atoms with E-state index >= 15 is 0 Å². The highest BCUT2D eigenvalue weighted by Crippen LogP contribution is 2.49. The fraction of sp³-hybridized carbons (Fsp3) is 0.545. The molecule has 3 heterocycles. The number of benzene rings is 1. The van der Waals surface area contributed by atoms with Crippen LogP contribution in [0.2, 0.25) is 5.15 Å². The van der Waals surface area contributed by atoms with Crippen molar-refractivity contribution in [3.8, 4) is 5.75 Å². The summed E-state index contributed by atoms with van der Waals surface area (Å²) in [6.45, 7) is 5.83. The third kappa shape index (κ3) is 3.83. The standard InChI is InChI=1S/C22H29ClN4O/c1-21-11-4-12-22(2,27(21)15-16-5-7-18(28-3)8-6-16)14-17(13-21)24-20-10-9-19(23)25-26-20/h5-10,17H,4,11-15H2,1-3H3,(H,24,26)/t17?,21-,22+. The normalized spacial score (nSPS) is 30.1. The van der Waals surface area contributed by atoms with Gasteiger partial charge in [-0.3, -0.25) is 4.90 Å². The molecule has 2 aliphatic heterocycles. The van der Waals surface area contributed by atoms with E-state index in [4.69, 9.17) is 16.3 Å². The van der Waals surface area contributed by atoms with E-state index < -0.39 is 0 Å². The van der Waals surface area contributed by atoms with Crippen LogP contribution in [-0.4, -0.2) is 39.3 Å². The highest BCUT2D eigenvalue weighted by atomic mass is 35.5. The Labute approximate surface area is 172 Å². The van der Waals surface area contributed by atoms with Crippen molar-refractivity contribution in [1.82, 2.24) is 15.1 Å². The van der Waals surface area contributed by atoms with Crippen molar-refractivity contribution < 1.29 is 4.74 Å². The number of hydrogen-bond acceptors (Lipinski definition) is 5. The van der Waals surface area contributed by atoms with Gasteiger partial charge in [0.1, 0.15) is 11.6 Å². The highest BCUT2D eigenvalue weighted by molar-refractivity contribution is 6.29. The van der Waals surface area contributed by atoms with Gasteiger partial charge >= 0.3 is 0 Å². The van der Waals surface area contributed by atoms with E-state index in [2.05, 4.69) is 58.5 Å². The Bertz CT molecular complexity index is 792. The van der Waals surface area contributed by atoms with Crippen LogP contribution in [-0.2, 0) is 6.54 Å². The molecular weight excluding hydrogens is 372 g/mol. The third-order valence-electron chi connectivity index (χ3n) is 6.59. The Hall–Kier alpha value is -1.85. The van der Waals surface area contributed by atoms with Crippen LogP contribution in [0.5, 0.6) is 5.75 Å². The van der Waals surface area contributed by atoms with E-state index in [1.807, 2.05) is 6.07 Å². The summed E-state index contributed by atoms with van der Waals surface area (Å²) in [5.41, 5.74) is 1.68. The maximum Gasteiger partial charge on any atom is 0.151 e. The highest BCUT2D eigenvalue weighted by Gasteiger charge is 2.52. The molecule has 0 saturated carbocycles. The van der Waals surface area contributed by atoms with Crippen molar-refractivity contribution >= 4 is 17.4 Å². The fourth-order valence-electron chi connectivity index (χ4n) is 5.33. The molecule has 0 amide bonds. The Balaban J connectivity index is 1.53. The van der Waals surface area contributed by atoms with Gasteiger partial charge in [0, 0.05) is 23.7 Å². The summed E-state index contributed by atoms with van der Waals surface area (Å²) in [4.78, 5) is 2.75. The Morgan fingerprint density at radius 1 is 1.07 bits per heavy atom. The van der Waals surface area contributed by atoms with Crippen molar-refractivity contribution in [2.24, 2.45) is 0 Å². The fourth-order valence-corrected chi connectivity index (χ4v) is 5.43. The van der Waals surface area contributed by atoms with Crippen LogP contribution in [0.3, 0.4) is 0 Å². The summed E-state index contributed by atoms with van der Waals surface area (Å²) >= 11 is 5.88.